The van der Waals surface area contributed by atoms with Crippen molar-refractivity contribution in [3.63, 3.8) is 0 Å². The number of Topliss-reactive ketones (excluding diaryl/α,β-unsaturated/α-hetero) is 1. The van der Waals surface area contributed by atoms with Crippen molar-refractivity contribution >= 4 is 5.78 Å². The highest BCUT2D eigenvalue weighted by Crippen LogP contribution is 2.61. The molecule has 2 aliphatic carbocycles. The van der Waals surface area contributed by atoms with Crippen LogP contribution in [0.15, 0.2) is 12.7 Å². The summed E-state index contributed by atoms with van der Waals surface area (Å²) in [6, 6.07) is 0. The molecule has 4 nitrogen and oxygen atoms in total. The van der Waals surface area contributed by atoms with Gasteiger partial charge in [-0.3, -0.25) is 4.79 Å². The molecular weight excluding hydrogens is 244 g/mol. The molecule has 19 heavy (non-hydrogen) atoms. The van der Waals surface area contributed by atoms with Crippen molar-refractivity contribution in [3.05, 3.63) is 12.7 Å². The van der Waals surface area contributed by atoms with Crippen molar-refractivity contribution in [2.45, 2.75) is 44.5 Å². The summed E-state index contributed by atoms with van der Waals surface area (Å²) in [5.74, 6) is -0.533. The molecule has 0 bridgehead atoms. The number of allylic oxidation sites excluding steroid dienone is 1. The van der Waals surface area contributed by atoms with Crippen LogP contribution in [-0.2, 0) is 14.3 Å². The summed E-state index contributed by atoms with van der Waals surface area (Å²) < 4.78 is 11.8. The zero-order valence-corrected chi connectivity index (χ0v) is 11.4. The number of carbonyl (C=O) groups is 1. The van der Waals surface area contributed by atoms with Gasteiger partial charge in [0.2, 0.25) is 0 Å². The van der Waals surface area contributed by atoms with Gasteiger partial charge in [0.05, 0.1) is 13.2 Å². The van der Waals surface area contributed by atoms with Crippen molar-refractivity contribution in [2.24, 2.45) is 17.3 Å². The van der Waals surface area contributed by atoms with Crippen LogP contribution in [0.5, 0.6) is 0 Å². The van der Waals surface area contributed by atoms with Gasteiger partial charge in [0.15, 0.2) is 11.6 Å². The fraction of sp³-hybridized carbons (Fsp3) is 0.800. The molecular formula is C15H22O4. The first-order valence-electron chi connectivity index (χ1n) is 7.15. The maximum atomic E-state index is 12.2. The molecule has 1 aliphatic heterocycles. The van der Waals surface area contributed by atoms with E-state index in [0.717, 1.165) is 12.8 Å². The van der Waals surface area contributed by atoms with Crippen LogP contribution in [0.25, 0.3) is 0 Å². The van der Waals surface area contributed by atoms with E-state index >= 15 is 0 Å². The molecule has 1 saturated heterocycles. The fourth-order valence-corrected chi connectivity index (χ4v) is 4.52. The lowest BCUT2D eigenvalue weighted by atomic mass is 9.60. The molecule has 3 rings (SSSR count). The minimum Gasteiger partial charge on any atom is -0.385 e. The van der Waals surface area contributed by atoms with E-state index in [9.17, 15) is 9.90 Å². The average molecular weight is 266 g/mol. The van der Waals surface area contributed by atoms with E-state index in [-0.39, 0.29) is 23.0 Å². The van der Waals surface area contributed by atoms with Gasteiger partial charge in [-0.2, -0.15) is 0 Å². The Bertz CT molecular complexity index is 399. The van der Waals surface area contributed by atoms with Crippen LogP contribution in [0.2, 0.25) is 0 Å². The monoisotopic (exact) mass is 266 g/mol. The number of hydrogen-bond donors (Lipinski definition) is 1. The molecule has 3 fully saturated rings. The Morgan fingerprint density at radius 3 is 2.79 bits per heavy atom. The number of carbonyl (C=O) groups excluding carboxylic acids is 1. The third-order valence-corrected chi connectivity index (χ3v) is 5.44. The van der Waals surface area contributed by atoms with Crippen LogP contribution in [0, 0.1) is 17.3 Å². The maximum Gasteiger partial charge on any atom is 0.174 e. The molecule has 1 spiro atoms. The van der Waals surface area contributed by atoms with Crippen LogP contribution in [0.4, 0.5) is 0 Å². The minimum atomic E-state index is -0.894. The Hall–Kier alpha value is -0.710. The van der Waals surface area contributed by atoms with E-state index < -0.39 is 11.9 Å². The highest BCUT2D eigenvalue weighted by atomic mass is 16.7. The maximum absolute atomic E-state index is 12.2. The van der Waals surface area contributed by atoms with Gasteiger partial charge in [0.1, 0.15) is 6.10 Å². The van der Waals surface area contributed by atoms with E-state index in [4.69, 9.17) is 9.47 Å². The summed E-state index contributed by atoms with van der Waals surface area (Å²) in [5.41, 5.74) is -0.273. The molecule has 1 unspecified atom stereocenters. The summed E-state index contributed by atoms with van der Waals surface area (Å²) in [4.78, 5) is 12.2. The van der Waals surface area contributed by atoms with Gasteiger partial charge in [-0.25, -0.2) is 0 Å². The molecule has 4 atom stereocenters. The summed E-state index contributed by atoms with van der Waals surface area (Å²) >= 11 is 0. The van der Waals surface area contributed by atoms with Crippen LogP contribution >= 0.6 is 0 Å². The lowest BCUT2D eigenvalue weighted by Gasteiger charge is -2.48. The molecule has 1 N–H and O–H groups in total. The summed E-state index contributed by atoms with van der Waals surface area (Å²) in [5, 5.41) is 10.1. The molecule has 1 heterocycles. The van der Waals surface area contributed by atoms with Gasteiger partial charge in [-0.1, -0.05) is 13.0 Å². The largest absolute Gasteiger partial charge is 0.385 e. The SMILES string of the molecule is C=CC[C@@H]1C(=O)C(O)C[C@@]2(C)[C@H]1CCC21OCCO1. The Labute approximate surface area is 113 Å². The highest BCUT2D eigenvalue weighted by molar-refractivity contribution is 5.87. The number of aliphatic hydroxyl groups excluding tert-OH is 1. The summed E-state index contributed by atoms with van der Waals surface area (Å²) in [7, 11) is 0. The Morgan fingerprint density at radius 1 is 1.47 bits per heavy atom. The van der Waals surface area contributed by atoms with Gasteiger partial charge >= 0.3 is 0 Å². The standard InChI is InChI=1S/C15H22O4/c1-3-4-10-11-5-6-15(18-7-8-19-15)14(11,2)9-12(16)13(10)17/h3,10-12,16H,1,4-9H2,2H3/t10-,11-,12?,14-/m0/s1. The molecule has 3 aliphatic rings. The van der Waals surface area contributed by atoms with Crippen LogP contribution in [-0.4, -0.2) is 36.0 Å². The van der Waals surface area contributed by atoms with Crippen molar-refractivity contribution in [1.82, 2.24) is 0 Å². The minimum absolute atomic E-state index is 0.0302. The molecule has 0 aromatic rings. The van der Waals surface area contributed by atoms with Gasteiger partial charge in [-0.05, 0) is 25.2 Å². The van der Waals surface area contributed by atoms with Gasteiger partial charge in [0, 0.05) is 17.8 Å². The number of fused-ring (bicyclic) bond motifs is 2. The van der Waals surface area contributed by atoms with Crippen molar-refractivity contribution in [3.8, 4) is 0 Å². The quantitative estimate of drug-likeness (QED) is 0.772. The van der Waals surface area contributed by atoms with Crippen molar-refractivity contribution in [1.29, 1.82) is 0 Å². The number of rotatable bonds is 2. The molecule has 2 saturated carbocycles. The molecule has 0 aromatic carbocycles. The number of ether oxygens (including phenoxy) is 2. The topological polar surface area (TPSA) is 55.8 Å². The first-order chi connectivity index (χ1) is 9.04. The predicted molar refractivity (Wildman–Crippen MR) is 69.4 cm³/mol. The second kappa shape index (κ2) is 4.40. The number of ketones is 1. The molecule has 0 radical (unpaired) electrons. The Balaban J connectivity index is 1.97. The second-order valence-corrected chi connectivity index (χ2v) is 6.27. The summed E-state index contributed by atoms with van der Waals surface area (Å²) in [6.45, 7) is 7.08. The zero-order valence-electron chi connectivity index (χ0n) is 11.4. The van der Waals surface area contributed by atoms with Crippen molar-refractivity contribution in [2.75, 3.05) is 13.2 Å². The van der Waals surface area contributed by atoms with Crippen LogP contribution in [0.1, 0.15) is 32.6 Å². The van der Waals surface area contributed by atoms with Gasteiger partial charge < -0.3 is 14.6 Å². The van der Waals surface area contributed by atoms with E-state index in [2.05, 4.69) is 13.5 Å². The fourth-order valence-electron chi connectivity index (χ4n) is 4.52. The summed E-state index contributed by atoms with van der Waals surface area (Å²) in [6.07, 6.45) is 3.71. The van der Waals surface area contributed by atoms with E-state index in [1.165, 1.54) is 0 Å². The van der Waals surface area contributed by atoms with Crippen LogP contribution < -0.4 is 0 Å². The average Bonchev–Trinajstić information content (AvgIpc) is 2.95. The lowest BCUT2D eigenvalue weighted by Crippen LogP contribution is -2.55. The molecule has 0 aromatic heterocycles. The first kappa shape index (κ1) is 13.3. The molecule has 0 amide bonds. The predicted octanol–water partition coefficient (Wildman–Crippen LogP) is 1.67. The van der Waals surface area contributed by atoms with Gasteiger partial charge in [-0.15, -0.1) is 6.58 Å². The third-order valence-electron chi connectivity index (χ3n) is 5.44. The first-order valence-corrected chi connectivity index (χ1v) is 7.15. The van der Waals surface area contributed by atoms with Crippen LogP contribution in [0.3, 0.4) is 0 Å². The second-order valence-electron chi connectivity index (χ2n) is 6.27. The van der Waals surface area contributed by atoms with E-state index in [1.807, 2.05) is 0 Å². The Kier molecular flexibility index (Phi) is 3.08. The van der Waals surface area contributed by atoms with E-state index in [0.29, 0.717) is 26.1 Å². The van der Waals surface area contributed by atoms with Crippen molar-refractivity contribution < 1.29 is 19.4 Å². The Morgan fingerprint density at radius 2 is 2.16 bits per heavy atom. The smallest absolute Gasteiger partial charge is 0.174 e. The van der Waals surface area contributed by atoms with Gasteiger partial charge in [0.25, 0.3) is 0 Å². The van der Waals surface area contributed by atoms with E-state index in [1.54, 1.807) is 6.08 Å². The normalized spacial score (nSPS) is 44.5. The zero-order chi connectivity index (χ0) is 13.7. The highest BCUT2D eigenvalue weighted by Gasteiger charge is 2.66. The number of hydrogen-bond acceptors (Lipinski definition) is 4. The lowest BCUT2D eigenvalue weighted by molar-refractivity contribution is -0.240. The molecule has 4 heteroatoms. The molecule has 106 valence electrons. The third kappa shape index (κ3) is 1.66. The number of aliphatic hydroxyl groups is 1.